The third-order valence-corrected chi connectivity index (χ3v) is 3.37. The molecule has 1 aliphatic rings. The zero-order valence-electron chi connectivity index (χ0n) is 9.35. The Morgan fingerprint density at radius 1 is 1.29 bits per heavy atom. The number of hydrogen-bond donors (Lipinski definition) is 1. The molecule has 2 aromatic rings. The largest absolute Gasteiger partial charge is 0.280 e. The van der Waals surface area contributed by atoms with Crippen LogP contribution in [-0.4, -0.2) is 15.2 Å². The van der Waals surface area contributed by atoms with Gasteiger partial charge in [-0.3, -0.25) is 10.1 Å². The van der Waals surface area contributed by atoms with Crippen molar-refractivity contribution in [3.8, 4) is 17.3 Å². The van der Waals surface area contributed by atoms with Gasteiger partial charge in [-0.15, -0.1) is 0 Å². The number of nitrogens with zero attached hydrogens (tertiary/aromatic N) is 3. The number of aromatic nitrogens is 3. The molecule has 3 rings (SSSR count). The fraction of sp³-hybridized carbons (Fsp3) is 0.308. The van der Waals surface area contributed by atoms with E-state index in [0.717, 1.165) is 29.8 Å². The molecular formula is C13H12N4. The van der Waals surface area contributed by atoms with Crippen LogP contribution in [0.2, 0.25) is 0 Å². The summed E-state index contributed by atoms with van der Waals surface area (Å²) in [5, 5.41) is 16.6. The number of aromatic amines is 1. The molecule has 0 atom stereocenters. The van der Waals surface area contributed by atoms with Gasteiger partial charge in [0.2, 0.25) is 0 Å². The first-order valence-corrected chi connectivity index (χ1v) is 5.79. The summed E-state index contributed by atoms with van der Waals surface area (Å²) < 4.78 is 0. The van der Waals surface area contributed by atoms with E-state index in [4.69, 9.17) is 0 Å². The van der Waals surface area contributed by atoms with Crippen LogP contribution in [0.1, 0.15) is 36.4 Å². The van der Waals surface area contributed by atoms with Crippen molar-refractivity contribution in [1.82, 2.24) is 15.2 Å². The predicted molar refractivity (Wildman–Crippen MR) is 63.1 cm³/mol. The Hall–Kier alpha value is -2.15. The van der Waals surface area contributed by atoms with E-state index in [0.29, 0.717) is 11.5 Å². The Kier molecular flexibility index (Phi) is 2.37. The van der Waals surface area contributed by atoms with Gasteiger partial charge in [-0.25, -0.2) is 0 Å². The molecule has 4 heteroatoms. The summed E-state index contributed by atoms with van der Waals surface area (Å²) in [6, 6.07) is 6.03. The predicted octanol–water partition coefficient (Wildman–Crippen LogP) is 2.61. The molecule has 84 valence electrons. The van der Waals surface area contributed by atoms with Crippen LogP contribution in [0.4, 0.5) is 0 Å². The lowest BCUT2D eigenvalue weighted by atomic mass is 9.81. The molecule has 0 unspecified atom stereocenters. The van der Waals surface area contributed by atoms with Gasteiger partial charge in [0.1, 0.15) is 17.3 Å². The Bertz CT molecular complexity index is 561. The second-order valence-electron chi connectivity index (χ2n) is 4.34. The van der Waals surface area contributed by atoms with Crippen LogP contribution >= 0.6 is 0 Å². The molecule has 1 saturated carbocycles. The summed E-state index contributed by atoms with van der Waals surface area (Å²) in [7, 11) is 0. The van der Waals surface area contributed by atoms with Gasteiger partial charge >= 0.3 is 0 Å². The highest BCUT2D eigenvalue weighted by Gasteiger charge is 2.26. The number of rotatable bonds is 2. The highest BCUT2D eigenvalue weighted by atomic mass is 15.1. The lowest BCUT2D eigenvalue weighted by molar-refractivity contribution is 0.410. The first kappa shape index (κ1) is 10.0. The zero-order valence-corrected chi connectivity index (χ0v) is 9.35. The minimum atomic E-state index is 0.493. The molecule has 0 bridgehead atoms. The Morgan fingerprint density at radius 3 is 2.65 bits per heavy atom. The van der Waals surface area contributed by atoms with Crippen molar-refractivity contribution in [3.05, 3.63) is 35.8 Å². The maximum atomic E-state index is 9.29. The number of pyridine rings is 1. The van der Waals surface area contributed by atoms with Crippen molar-refractivity contribution >= 4 is 0 Å². The number of hydrogen-bond acceptors (Lipinski definition) is 3. The van der Waals surface area contributed by atoms with Crippen LogP contribution < -0.4 is 0 Å². The van der Waals surface area contributed by atoms with Gasteiger partial charge in [0.15, 0.2) is 0 Å². The maximum Gasteiger partial charge on any atom is 0.110 e. The smallest absolute Gasteiger partial charge is 0.110 e. The van der Waals surface area contributed by atoms with Crippen LogP contribution in [-0.2, 0) is 0 Å². The molecule has 0 saturated heterocycles. The molecule has 4 nitrogen and oxygen atoms in total. The van der Waals surface area contributed by atoms with Crippen LogP contribution in [0.25, 0.3) is 11.3 Å². The normalized spacial score (nSPS) is 15.2. The van der Waals surface area contributed by atoms with E-state index in [2.05, 4.69) is 21.3 Å². The number of H-pyrrole nitrogens is 1. The van der Waals surface area contributed by atoms with Crippen molar-refractivity contribution in [3.63, 3.8) is 0 Å². The van der Waals surface area contributed by atoms with Gasteiger partial charge in [-0.1, -0.05) is 6.42 Å². The number of nitrogens with one attached hydrogen (secondary N) is 1. The standard InChI is InChI=1S/C13H12N4/c14-8-11-12(9-2-1-3-9)16-17-13(11)10-4-6-15-7-5-10/h4-7,9H,1-3H2,(H,16,17). The third-order valence-electron chi connectivity index (χ3n) is 3.37. The summed E-state index contributed by atoms with van der Waals surface area (Å²) >= 11 is 0. The lowest BCUT2D eigenvalue weighted by Crippen LogP contribution is -2.10. The Morgan fingerprint density at radius 2 is 2.06 bits per heavy atom. The van der Waals surface area contributed by atoms with Gasteiger partial charge in [0, 0.05) is 23.9 Å². The molecule has 2 aromatic heterocycles. The molecule has 0 aliphatic heterocycles. The minimum absolute atomic E-state index is 0.493. The Balaban J connectivity index is 2.07. The molecule has 1 aliphatic carbocycles. The topological polar surface area (TPSA) is 65.4 Å². The zero-order chi connectivity index (χ0) is 11.7. The van der Waals surface area contributed by atoms with E-state index in [9.17, 15) is 5.26 Å². The van der Waals surface area contributed by atoms with E-state index in [-0.39, 0.29) is 0 Å². The average molecular weight is 224 g/mol. The molecule has 0 aromatic carbocycles. The first-order valence-electron chi connectivity index (χ1n) is 5.79. The van der Waals surface area contributed by atoms with Crippen molar-refractivity contribution in [2.24, 2.45) is 0 Å². The molecular weight excluding hydrogens is 212 g/mol. The molecule has 0 amide bonds. The molecule has 0 spiro atoms. The van der Waals surface area contributed by atoms with Crippen molar-refractivity contribution in [1.29, 1.82) is 5.26 Å². The summed E-state index contributed by atoms with van der Waals surface area (Å²) in [6.07, 6.45) is 7.00. The minimum Gasteiger partial charge on any atom is -0.280 e. The van der Waals surface area contributed by atoms with E-state index >= 15 is 0 Å². The van der Waals surface area contributed by atoms with Crippen LogP contribution in [0.5, 0.6) is 0 Å². The van der Waals surface area contributed by atoms with E-state index in [1.165, 1.54) is 6.42 Å². The van der Waals surface area contributed by atoms with Crippen LogP contribution in [0.3, 0.4) is 0 Å². The van der Waals surface area contributed by atoms with E-state index < -0.39 is 0 Å². The SMILES string of the molecule is N#Cc1c(-c2ccncc2)n[nH]c1C1CCC1. The molecule has 1 N–H and O–H groups in total. The summed E-state index contributed by atoms with van der Waals surface area (Å²) in [4.78, 5) is 3.97. The van der Waals surface area contributed by atoms with Gasteiger partial charge < -0.3 is 0 Å². The molecule has 1 fully saturated rings. The van der Waals surface area contributed by atoms with Gasteiger partial charge in [0.05, 0.1) is 5.69 Å². The van der Waals surface area contributed by atoms with Crippen molar-refractivity contribution in [2.75, 3.05) is 0 Å². The highest BCUT2D eigenvalue weighted by molar-refractivity contribution is 5.67. The average Bonchev–Trinajstić information content (AvgIpc) is 2.71. The highest BCUT2D eigenvalue weighted by Crippen LogP contribution is 2.38. The quantitative estimate of drug-likeness (QED) is 0.852. The fourth-order valence-electron chi connectivity index (χ4n) is 2.18. The molecule has 0 radical (unpaired) electrons. The Labute approximate surface area is 99.3 Å². The summed E-state index contributed by atoms with van der Waals surface area (Å²) in [5.41, 5.74) is 3.39. The van der Waals surface area contributed by atoms with Gasteiger partial charge in [-0.2, -0.15) is 10.4 Å². The second-order valence-corrected chi connectivity index (χ2v) is 4.34. The molecule has 2 heterocycles. The van der Waals surface area contributed by atoms with Crippen molar-refractivity contribution < 1.29 is 0 Å². The monoisotopic (exact) mass is 224 g/mol. The first-order chi connectivity index (χ1) is 8.40. The lowest BCUT2D eigenvalue weighted by Gasteiger charge is -2.24. The van der Waals surface area contributed by atoms with Crippen LogP contribution in [0, 0.1) is 11.3 Å². The fourth-order valence-corrected chi connectivity index (χ4v) is 2.18. The summed E-state index contributed by atoms with van der Waals surface area (Å²) in [6.45, 7) is 0. The van der Waals surface area contributed by atoms with Gasteiger partial charge in [0.25, 0.3) is 0 Å². The van der Waals surface area contributed by atoms with Crippen molar-refractivity contribution in [2.45, 2.75) is 25.2 Å². The van der Waals surface area contributed by atoms with E-state index in [1.54, 1.807) is 12.4 Å². The second kappa shape index (κ2) is 4.02. The van der Waals surface area contributed by atoms with Crippen LogP contribution in [0.15, 0.2) is 24.5 Å². The van der Waals surface area contributed by atoms with E-state index in [1.807, 2.05) is 12.1 Å². The third kappa shape index (κ3) is 1.60. The molecule has 17 heavy (non-hydrogen) atoms. The van der Waals surface area contributed by atoms with Gasteiger partial charge in [-0.05, 0) is 25.0 Å². The number of nitriles is 1. The maximum absolute atomic E-state index is 9.29. The summed E-state index contributed by atoms with van der Waals surface area (Å²) in [5.74, 6) is 0.493.